The van der Waals surface area contributed by atoms with Crippen LogP contribution in [0.15, 0.2) is 18.3 Å². The minimum absolute atomic E-state index is 0.140. The van der Waals surface area contributed by atoms with E-state index in [1.54, 1.807) is 6.20 Å². The molecule has 6 nitrogen and oxygen atoms in total. The van der Waals surface area contributed by atoms with E-state index < -0.39 is 4.92 Å². The SMILES string of the molecule is CC(=O)Nc1cc2[c]c[nH]c2cc1[N+](=O)[O-]. The second kappa shape index (κ2) is 3.65. The van der Waals surface area contributed by atoms with Crippen LogP contribution in [-0.4, -0.2) is 15.8 Å². The highest BCUT2D eigenvalue weighted by atomic mass is 16.6. The molecule has 1 amide bonds. The van der Waals surface area contributed by atoms with Crippen molar-refractivity contribution in [1.82, 2.24) is 4.98 Å². The number of hydrogen-bond donors (Lipinski definition) is 2. The largest absolute Gasteiger partial charge is 0.360 e. The Balaban J connectivity index is 2.62. The Hall–Kier alpha value is -2.37. The normalized spacial score (nSPS) is 10.3. The van der Waals surface area contributed by atoms with Gasteiger partial charge in [0.1, 0.15) is 5.69 Å². The van der Waals surface area contributed by atoms with Gasteiger partial charge in [0.15, 0.2) is 0 Å². The number of amides is 1. The summed E-state index contributed by atoms with van der Waals surface area (Å²) in [6, 6.07) is 5.76. The number of nitro benzene ring substituents is 1. The van der Waals surface area contributed by atoms with Crippen LogP contribution in [0.1, 0.15) is 6.92 Å². The number of aromatic amines is 1. The summed E-state index contributed by atoms with van der Waals surface area (Å²) in [6.07, 6.45) is 1.56. The van der Waals surface area contributed by atoms with Crippen molar-refractivity contribution in [2.24, 2.45) is 0 Å². The molecule has 0 aliphatic carbocycles. The van der Waals surface area contributed by atoms with Crippen molar-refractivity contribution in [3.05, 3.63) is 34.5 Å². The van der Waals surface area contributed by atoms with Crippen LogP contribution in [0.5, 0.6) is 0 Å². The van der Waals surface area contributed by atoms with Gasteiger partial charge < -0.3 is 10.3 Å². The summed E-state index contributed by atoms with van der Waals surface area (Å²) in [5, 5.41) is 13.9. The molecule has 0 aliphatic rings. The van der Waals surface area contributed by atoms with Crippen LogP contribution in [0.4, 0.5) is 11.4 Å². The minimum Gasteiger partial charge on any atom is -0.360 e. The van der Waals surface area contributed by atoms with Crippen molar-refractivity contribution in [3.63, 3.8) is 0 Å². The Labute approximate surface area is 90.4 Å². The molecule has 1 radical (unpaired) electrons. The van der Waals surface area contributed by atoms with E-state index in [0.29, 0.717) is 10.9 Å². The van der Waals surface area contributed by atoms with Crippen LogP contribution in [-0.2, 0) is 4.79 Å². The van der Waals surface area contributed by atoms with Gasteiger partial charge in [-0.05, 0) is 6.07 Å². The lowest BCUT2D eigenvalue weighted by molar-refractivity contribution is -0.383. The molecule has 2 aromatic rings. The first-order chi connectivity index (χ1) is 7.58. The van der Waals surface area contributed by atoms with Crippen molar-refractivity contribution in [3.8, 4) is 0 Å². The van der Waals surface area contributed by atoms with Gasteiger partial charge in [0, 0.05) is 30.6 Å². The average Bonchev–Trinajstić information content (AvgIpc) is 2.62. The third-order valence-electron chi connectivity index (χ3n) is 2.10. The summed E-state index contributed by atoms with van der Waals surface area (Å²) >= 11 is 0. The van der Waals surface area contributed by atoms with E-state index in [2.05, 4.69) is 16.4 Å². The van der Waals surface area contributed by atoms with Gasteiger partial charge in [0.05, 0.1) is 10.4 Å². The fourth-order valence-electron chi connectivity index (χ4n) is 1.46. The van der Waals surface area contributed by atoms with Crippen LogP contribution in [0.25, 0.3) is 10.9 Å². The fraction of sp³-hybridized carbons (Fsp3) is 0.100. The number of nitro groups is 1. The lowest BCUT2D eigenvalue weighted by Gasteiger charge is -2.03. The molecule has 0 saturated carbocycles. The fourth-order valence-corrected chi connectivity index (χ4v) is 1.46. The summed E-state index contributed by atoms with van der Waals surface area (Å²) in [5.41, 5.74) is 0.653. The van der Waals surface area contributed by atoms with Crippen molar-refractivity contribution < 1.29 is 9.72 Å². The van der Waals surface area contributed by atoms with E-state index in [-0.39, 0.29) is 17.3 Å². The van der Waals surface area contributed by atoms with Gasteiger partial charge in [-0.15, -0.1) is 0 Å². The number of carbonyl (C=O) groups is 1. The molecule has 2 N–H and O–H groups in total. The molecule has 6 heteroatoms. The monoisotopic (exact) mass is 218 g/mol. The van der Waals surface area contributed by atoms with Crippen molar-refractivity contribution in [1.29, 1.82) is 0 Å². The number of nitrogens with one attached hydrogen (secondary N) is 2. The van der Waals surface area contributed by atoms with Crippen LogP contribution in [0, 0.1) is 16.2 Å². The second-order valence-electron chi connectivity index (χ2n) is 3.29. The van der Waals surface area contributed by atoms with Crippen molar-refractivity contribution >= 4 is 28.2 Å². The number of aromatic nitrogens is 1. The van der Waals surface area contributed by atoms with E-state index in [1.165, 1.54) is 19.1 Å². The molecule has 0 spiro atoms. The van der Waals surface area contributed by atoms with Gasteiger partial charge >= 0.3 is 0 Å². The van der Waals surface area contributed by atoms with Gasteiger partial charge in [-0.1, -0.05) is 0 Å². The quantitative estimate of drug-likeness (QED) is 0.595. The molecule has 0 atom stereocenters. The predicted molar refractivity (Wildman–Crippen MR) is 58.1 cm³/mol. The molecule has 1 aromatic carbocycles. The molecule has 16 heavy (non-hydrogen) atoms. The first-order valence-electron chi connectivity index (χ1n) is 4.52. The molecule has 81 valence electrons. The number of nitrogens with zero attached hydrogens (tertiary/aromatic N) is 1. The van der Waals surface area contributed by atoms with E-state index in [0.717, 1.165) is 0 Å². The molecule has 0 saturated heterocycles. The molecule has 0 bridgehead atoms. The summed E-state index contributed by atoms with van der Waals surface area (Å²) in [5.74, 6) is -0.349. The molecule has 0 fully saturated rings. The highest BCUT2D eigenvalue weighted by Gasteiger charge is 2.16. The molecule has 0 unspecified atom stereocenters. The van der Waals surface area contributed by atoms with Crippen LogP contribution >= 0.6 is 0 Å². The first-order valence-corrected chi connectivity index (χ1v) is 4.52. The number of benzene rings is 1. The Bertz CT molecular complexity index is 574. The van der Waals surface area contributed by atoms with E-state index >= 15 is 0 Å². The zero-order valence-electron chi connectivity index (χ0n) is 8.40. The summed E-state index contributed by atoms with van der Waals surface area (Å²) in [4.78, 5) is 24.0. The molecular weight excluding hydrogens is 210 g/mol. The zero-order chi connectivity index (χ0) is 11.7. The number of anilines is 1. The zero-order valence-corrected chi connectivity index (χ0v) is 8.40. The molecule has 0 aliphatic heterocycles. The van der Waals surface area contributed by atoms with Gasteiger partial charge in [0.25, 0.3) is 5.69 Å². The first kappa shape index (κ1) is 10.2. The molecule has 1 heterocycles. The van der Waals surface area contributed by atoms with Crippen LogP contribution in [0.2, 0.25) is 0 Å². The van der Waals surface area contributed by atoms with Gasteiger partial charge in [-0.25, -0.2) is 0 Å². The predicted octanol–water partition coefficient (Wildman–Crippen LogP) is 1.83. The van der Waals surface area contributed by atoms with Gasteiger partial charge in [0.2, 0.25) is 5.91 Å². The average molecular weight is 218 g/mol. The molecular formula is C10H8N3O3. The molecule has 1 aromatic heterocycles. The Kier molecular flexibility index (Phi) is 2.32. The third-order valence-corrected chi connectivity index (χ3v) is 2.10. The van der Waals surface area contributed by atoms with Crippen LogP contribution in [0.3, 0.4) is 0 Å². The van der Waals surface area contributed by atoms with Crippen molar-refractivity contribution in [2.75, 3.05) is 5.32 Å². The lowest BCUT2D eigenvalue weighted by Crippen LogP contribution is -2.07. The van der Waals surface area contributed by atoms with E-state index in [1.807, 2.05) is 0 Å². The third kappa shape index (κ3) is 1.72. The standard InChI is InChI=1S/C10H8N3O3/c1-6(14)12-9-4-7-2-3-11-8(7)5-10(9)13(15)16/h3-5,11H,1H3,(H,12,14). The Morgan fingerprint density at radius 3 is 2.94 bits per heavy atom. The number of H-pyrrole nitrogens is 1. The highest BCUT2D eigenvalue weighted by molar-refractivity contribution is 5.96. The Morgan fingerprint density at radius 2 is 2.31 bits per heavy atom. The summed E-state index contributed by atoms with van der Waals surface area (Å²) in [6.45, 7) is 1.30. The maximum Gasteiger partial charge on any atom is 0.294 e. The summed E-state index contributed by atoms with van der Waals surface area (Å²) in [7, 11) is 0. The molecule has 2 rings (SSSR count). The van der Waals surface area contributed by atoms with Crippen molar-refractivity contribution in [2.45, 2.75) is 6.92 Å². The van der Waals surface area contributed by atoms with Gasteiger partial charge in [-0.3, -0.25) is 14.9 Å². The number of rotatable bonds is 2. The smallest absolute Gasteiger partial charge is 0.294 e. The minimum atomic E-state index is -0.536. The lowest BCUT2D eigenvalue weighted by atomic mass is 10.2. The maximum absolute atomic E-state index is 10.9. The topological polar surface area (TPSA) is 88.0 Å². The number of fused-ring (bicyclic) bond motifs is 1. The van der Waals surface area contributed by atoms with E-state index in [9.17, 15) is 14.9 Å². The second-order valence-corrected chi connectivity index (χ2v) is 3.29. The number of carbonyl (C=O) groups excluding carboxylic acids is 1. The highest BCUT2D eigenvalue weighted by Crippen LogP contribution is 2.29. The van der Waals surface area contributed by atoms with Gasteiger partial charge in [-0.2, -0.15) is 0 Å². The maximum atomic E-state index is 10.9. The van der Waals surface area contributed by atoms with E-state index in [4.69, 9.17) is 0 Å². The number of hydrogen-bond acceptors (Lipinski definition) is 3. The summed E-state index contributed by atoms with van der Waals surface area (Å²) < 4.78 is 0. The van der Waals surface area contributed by atoms with Crippen LogP contribution < -0.4 is 5.32 Å². The Morgan fingerprint density at radius 1 is 1.56 bits per heavy atom.